The van der Waals surface area contributed by atoms with Crippen molar-refractivity contribution < 1.29 is 0 Å². The molecule has 2 aromatic heterocycles. The Balaban J connectivity index is 2.39. The van der Waals surface area contributed by atoms with Crippen LogP contribution in [-0.4, -0.2) is 28.0 Å². The maximum atomic E-state index is 4.89. The molecule has 118 valence electrons. The van der Waals surface area contributed by atoms with E-state index in [9.17, 15) is 0 Å². The van der Waals surface area contributed by atoms with E-state index in [2.05, 4.69) is 67.7 Å². The fourth-order valence-corrected chi connectivity index (χ4v) is 3.18. The molecule has 0 aliphatic heterocycles. The fraction of sp³-hybridized carbons (Fsp3) is 0.688. The summed E-state index contributed by atoms with van der Waals surface area (Å²) in [4.78, 5) is 8.41. The van der Waals surface area contributed by atoms with E-state index in [1.165, 1.54) is 5.69 Å². The molecule has 2 heterocycles. The highest BCUT2D eigenvalue weighted by Crippen LogP contribution is 2.27. The van der Waals surface area contributed by atoms with Crippen molar-refractivity contribution in [1.29, 1.82) is 0 Å². The molecule has 21 heavy (non-hydrogen) atoms. The Morgan fingerprint density at radius 1 is 1.24 bits per heavy atom. The van der Waals surface area contributed by atoms with Gasteiger partial charge in [-0.25, -0.2) is 4.98 Å². The van der Waals surface area contributed by atoms with Crippen molar-refractivity contribution in [2.75, 3.05) is 11.4 Å². The van der Waals surface area contributed by atoms with Gasteiger partial charge in [0.05, 0.1) is 5.69 Å². The van der Waals surface area contributed by atoms with Gasteiger partial charge in [-0.3, -0.25) is 4.40 Å². The first kappa shape index (κ1) is 16.3. The van der Waals surface area contributed by atoms with E-state index >= 15 is 0 Å². The van der Waals surface area contributed by atoms with Crippen molar-refractivity contribution in [3.63, 3.8) is 0 Å². The molecule has 0 saturated heterocycles. The van der Waals surface area contributed by atoms with E-state index < -0.39 is 0 Å². The van der Waals surface area contributed by atoms with Crippen molar-refractivity contribution in [2.24, 2.45) is 5.92 Å². The molecule has 0 aliphatic rings. The minimum atomic E-state index is 0.454. The average molecular weight is 308 g/mol. The summed E-state index contributed by atoms with van der Waals surface area (Å²) in [5.41, 5.74) is 1.27. The van der Waals surface area contributed by atoms with Crippen molar-refractivity contribution >= 4 is 22.1 Å². The Morgan fingerprint density at radius 2 is 1.95 bits per heavy atom. The van der Waals surface area contributed by atoms with Crippen LogP contribution in [0.15, 0.2) is 11.6 Å². The van der Waals surface area contributed by atoms with Gasteiger partial charge >= 0.3 is 0 Å². The molecule has 2 rings (SSSR count). The largest absolute Gasteiger partial charge is 0.352 e. The SMILES string of the molecule is CC(C)CN(c1nc2sccn2c1CNC(C)C)C(C)C. The van der Waals surface area contributed by atoms with Crippen molar-refractivity contribution in [2.45, 2.75) is 60.2 Å². The summed E-state index contributed by atoms with van der Waals surface area (Å²) in [6.07, 6.45) is 2.13. The molecule has 1 N–H and O–H groups in total. The number of fused-ring (bicyclic) bond motifs is 1. The zero-order valence-electron chi connectivity index (χ0n) is 14.1. The Hall–Kier alpha value is -1.07. The highest BCUT2D eigenvalue weighted by Gasteiger charge is 2.21. The van der Waals surface area contributed by atoms with E-state index in [1.54, 1.807) is 11.3 Å². The topological polar surface area (TPSA) is 32.6 Å². The first-order valence-corrected chi connectivity index (χ1v) is 8.72. The summed E-state index contributed by atoms with van der Waals surface area (Å²) >= 11 is 1.70. The summed E-state index contributed by atoms with van der Waals surface area (Å²) in [5.74, 6) is 1.76. The van der Waals surface area contributed by atoms with E-state index in [0.29, 0.717) is 18.0 Å². The van der Waals surface area contributed by atoms with Gasteiger partial charge in [-0.2, -0.15) is 0 Å². The second-order valence-electron chi connectivity index (χ2n) is 6.61. The molecule has 0 amide bonds. The van der Waals surface area contributed by atoms with Crippen LogP contribution in [0.2, 0.25) is 0 Å². The van der Waals surface area contributed by atoms with Crippen LogP contribution in [-0.2, 0) is 6.54 Å². The molecule has 0 radical (unpaired) electrons. The van der Waals surface area contributed by atoms with Crippen LogP contribution in [0, 0.1) is 5.92 Å². The summed E-state index contributed by atoms with van der Waals surface area (Å²) in [7, 11) is 0. The number of rotatable bonds is 7. The number of hydrogen-bond acceptors (Lipinski definition) is 4. The summed E-state index contributed by atoms with van der Waals surface area (Å²) in [6.45, 7) is 15.3. The first-order valence-electron chi connectivity index (χ1n) is 7.84. The monoisotopic (exact) mass is 308 g/mol. The summed E-state index contributed by atoms with van der Waals surface area (Å²) < 4.78 is 2.23. The predicted octanol–water partition coefficient (Wildman–Crippen LogP) is 3.76. The Bertz CT molecular complexity index is 568. The Morgan fingerprint density at radius 3 is 2.52 bits per heavy atom. The average Bonchev–Trinajstić information content (AvgIpc) is 2.93. The van der Waals surface area contributed by atoms with E-state index in [-0.39, 0.29) is 0 Å². The quantitative estimate of drug-likeness (QED) is 0.845. The van der Waals surface area contributed by atoms with Crippen LogP contribution in [0.4, 0.5) is 5.82 Å². The van der Waals surface area contributed by atoms with Crippen LogP contribution in [0.5, 0.6) is 0 Å². The highest BCUT2D eigenvalue weighted by atomic mass is 32.1. The van der Waals surface area contributed by atoms with E-state index in [0.717, 1.165) is 23.9 Å². The molecule has 0 bridgehead atoms. The molecule has 0 fully saturated rings. The fourth-order valence-electron chi connectivity index (χ4n) is 2.45. The van der Waals surface area contributed by atoms with Gasteiger partial charge in [-0.15, -0.1) is 11.3 Å². The number of nitrogens with zero attached hydrogens (tertiary/aromatic N) is 3. The van der Waals surface area contributed by atoms with Gasteiger partial charge in [0.15, 0.2) is 10.8 Å². The molecule has 2 aromatic rings. The molecular formula is C16H28N4S. The number of thiazole rings is 1. The third kappa shape index (κ3) is 3.77. The van der Waals surface area contributed by atoms with Crippen LogP contribution in [0.3, 0.4) is 0 Å². The molecule has 0 aromatic carbocycles. The zero-order chi connectivity index (χ0) is 15.6. The zero-order valence-corrected chi connectivity index (χ0v) is 14.9. The first-order chi connectivity index (χ1) is 9.90. The van der Waals surface area contributed by atoms with Gasteiger partial charge < -0.3 is 10.2 Å². The maximum absolute atomic E-state index is 4.89. The van der Waals surface area contributed by atoms with Gasteiger partial charge in [0.1, 0.15) is 0 Å². The minimum Gasteiger partial charge on any atom is -0.352 e. The lowest BCUT2D eigenvalue weighted by atomic mass is 10.1. The number of nitrogens with one attached hydrogen (secondary N) is 1. The van der Waals surface area contributed by atoms with Gasteiger partial charge in [-0.1, -0.05) is 27.7 Å². The summed E-state index contributed by atoms with van der Waals surface area (Å²) in [6, 6.07) is 0.925. The molecule has 5 heteroatoms. The highest BCUT2D eigenvalue weighted by molar-refractivity contribution is 7.15. The van der Waals surface area contributed by atoms with E-state index in [4.69, 9.17) is 4.98 Å². The molecule has 0 atom stereocenters. The van der Waals surface area contributed by atoms with Crippen LogP contribution >= 0.6 is 11.3 Å². The van der Waals surface area contributed by atoms with Crippen molar-refractivity contribution in [3.8, 4) is 0 Å². The van der Waals surface area contributed by atoms with Crippen molar-refractivity contribution in [3.05, 3.63) is 17.3 Å². The molecule has 4 nitrogen and oxygen atoms in total. The third-order valence-electron chi connectivity index (χ3n) is 3.47. The number of aromatic nitrogens is 2. The van der Waals surface area contributed by atoms with Gasteiger partial charge in [0, 0.05) is 36.8 Å². The lowest BCUT2D eigenvalue weighted by Gasteiger charge is -2.29. The van der Waals surface area contributed by atoms with Crippen LogP contribution < -0.4 is 10.2 Å². The van der Waals surface area contributed by atoms with E-state index in [1.807, 2.05) is 0 Å². The second-order valence-corrected chi connectivity index (χ2v) is 7.49. The van der Waals surface area contributed by atoms with Crippen LogP contribution in [0.25, 0.3) is 4.96 Å². The lowest BCUT2D eigenvalue weighted by Crippen LogP contribution is -2.36. The Labute approximate surface area is 132 Å². The molecule has 0 saturated carbocycles. The number of hydrogen-bond donors (Lipinski definition) is 1. The smallest absolute Gasteiger partial charge is 0.195 e. The molecule has 0 spiro atoms. The normalized spacial score (nSPS) is 12.2. The summed E-state index contributed by atoms with van der Waals surface area (Å²) in [5, 5.41) is 5.64. The standard InChI is InChI=1S/C16H28N4S/c1-11(2)10-20(13(5)6)15-14(9-17-12(3)4)19-7-8-21-16(19)18-15/h7-8,11-13,17H,9-10H2,1-6H3. The van der Waals surface area contributed by atoms with Crippen LogP contribution in [0.1, 0.15) is 47.2 Å². The van der Waals surface area contributed by atoms with Gasteiger partial charge in [0.25, 0.3) is 0 Å². The van der Waals surface area contributed by atoms with Gasteiger partial charge in [0.2, 0.25) is 0 Å². The van der Waals surface area contributed by atoms with Crippen molar-refractivity contribution in [1.82, 2.24) is 14.7 Å². The Kier molecular flexibility index (Phi) is 5.27. The maximum Gasteiger partial charge on any atom is 0.195 e. The minimum absolute atomic E-state index is 0.454. The molecule has 0 unspecified atom stereocenters. The molecule has 0 aliphatic carbocycles. The van der Waals surface area contributed by atoms with Gasteiger partial charge in [-0.05, 0) is 19.8 Å². The number of anilines is 1. The lowest BCUT2D eigenvalue weighted by molar-refractivity contribution is 0.553. The molecular weight excluding hydrogens is 280 g/mol. The number of imidazole rings is 1. The second kappa shape index (κ2) is 6.79. The third-order valence-corrected chi connectivity index (χ3v) is 4.23. The predicted molar refractivity (Wildman–Crippen MR) is 92.4 cm³/mol.